The van der Waals surface area contributed by atoms with E-state index in [4.69, 9.17) is 0 Å². The number of hydrogen-bond donors (Lipinski definition) is 1. The molecule has 0 radical (unpaired) electrons. The summed E-state index contributed by atoms with van der Waals surface area (Å²) >= 11 is 4.29. The van der Waals surface area contributed by atoms with Crippen molar-refractivity contribution in [3.05, 3.63) is 24.3 Å². The van der Waals surface area contributed by atoms with E-state index in [0.29, 0.717) is 16.7 Å². The van der Waals surface area contributed by atoms with Crippen molar-refractivity contribution in [2.75, 3.05) is 11.1 Å². The molecule has 0 aliphatic heterocycles. The minimum Gasteiger partial charge on any atom is -0.327 e. The zero-order valence-electron chi connectivity index (χ0n) is 16.1. The summed E-state index contributed by atoms with van der Waals surface area (Å²) in [5.74, 6) is 0.777. The molecule has 0 fully saturated rings. The van der Waals surface area contributed by atoms with Crippen molar-refractivity contribution in [2.24, 2.45) is 7.05 Å². The Kier molecular flexibility index (Phi) is 5.97. The van der Waals surface area contributed by atoms with Crippen LogP contribution >= 0.6 is 34.9 Å². The lowest BCUT2D eigenvalue weighted by molar-refractivity contribution is -0.115. The number of amides is 1. The van der Waals surface area contributed by atoms with Gasteiger partial charge in [0, 0.05) is 12.4 Å². The van der Waals surface area contributed by atoms with Crippen LogP contribution in [0.3, 0.4) is 0 Å². The molecule has 11 heteroatoms. The van der Waals surface area contributed by atoms with E-state index in [1.807, 2.05) is 42.8 Å². The molecule has 1 amide bonds. The molecule has 0 aliphatic carbocycles. The van der Waals surface area contributed by atoms with Crippen molar-refractivity contribution >= 4 is 68.0 Å². The number of nitrogens with one attached hydrogen (secondary N) is 1. The van der Waals surface area contributed by atoms with Crippen molar-refractivity contribution in [1.29, 1.82) is 0 Å². The second kappa shape index (κ2) is 8.64. The number of carbonyl (C=O) groups is 1. The van der Waals surface area contributed by atoms with Gasteiger partial charge in [-0.3, -0.25) is 10.1 Å². The summed E-state index contributed by atoms with van der Waals surface area (Å²) in [7, 11) is 1.96. The fraction of sp³-hybridized carbons (Fsp3) is 0.333. The first-order chi connectivity index (χ1) is 14.1. The number of rotatable bonds is 7. The van der Waals surface area contributed by atoms with Gasteiger partial charge >= 0.3 is 0 Å². The predicted octanol–water partition coefficient (Wildman–Crippen LogP) is 3.99. The summed E-state index contributed by atoms with van der Waals surface area (Å²) in [6, 6.07) is 8.00. The highest BCUT2D eigenvalue weighted by molar-refractivity contribution is 8.01. The standard InChI is InChI=1S/C18H19N7OS3/c1-4-12(15(26)20-17-23-24-18(29-17)27-5-2)28-16-19-14-13(21-22-16)10-8-6-7-9-11(10)25(14)3/h6-9,12H,4-5H2,1-3H3,(H,20,23,26). The minimum atomic E-state index is -0.352. The lowest BCUT2D eigenvalue weighted by atomic mass is 10.2. The third-order valence-corrected chi connectivity index (χ3v) is 7.37. The zero-order valence-corrected chi connectivity index (χ0v) is 18.6. The van der Waals surface area contributed by atoms with Crippen LogP contribution in [0.4, 0.5) is 5.13 Å². The van der Waals surface area contributed by atoms with Crippen LogP contribution in [0.25, 0.3) is 22.1 Å². The van der Waals surface area contributed by atoms with Gasteiger partial charge < -0.3 is 4.57 Å². The number of fused-ring (bicyclic) bond motifs is 3. The van der Waals surface area contributed by atoms with E-state index in [1.165, 1.54) is 23.1 Å². The Morgan fingerprint density at radius 3 is 2.83 bits per heavy atom. The number of thioether (sulfide) groups is 2. The van der Waals surface area contributed by atoms with Crippen LogP contribution in [0.2, 0.25) is 0 Å². The van der Waals surface area contributed by atoms with Crippen LogP contribution in [0.1, 0.15) is 20.3 Å². The van der Waals surface area contributed by atoms with Crippen LogP contribution in [0.15, 0.2) is 33.8 Å². The van der Waals surface area contributed by atoms with E-state index in [0.717, 1.165) is 32.2 Å². The fourth-order valence-electron chi connectivity index (χ4n) is 2.92. The number of aryl methyl sites for hydroxylation is 1. The van der Waals surface area contributed by atoms with Gasteiger partial charge in [-0.15, -0.1) is 20.4 Å². The van der Waals surface area contributed by atoms with Crippen LogP contribution in [-0.4, -0.2) is 46.9 Å². The maximum absolute atomic E-state index is 12.7. The molecule has 1 unspecified atom stereocenters. The molecule has 0 aliphatic rings. The number of aromatic nitrogens is 6. The first kappa shape index (κ1) is 20.0. The lowest BCUT2D eigenvalue weighted by Crippen LogP contribution is -2.24. The molecule has 1 aromatic carbocycles. The summed E-state index contributed by atoms with van der Waals surface area (Å²) < 4.78 is 2.84. The first-order valence-electron chi connectivity index (χ1n) is 9.12. The van der Waals surface area contributed by atoms with Crippen LogP contribution in [0.5, 0.6) is 0 Å². The van der Waals surface area contributed by atoms with E-state index >= 15 is 0 Å². The molecule has 1 N–H and O–H groups in total. The van der Waals surface area contributed by atoms with Gasteiger partial charge in [0.2, 0.25) is 16.2 Å². The van der Waals surface area contributed by atoms with Crippen LogP contribution < -0.4 is 5.32 Å². The third kappa shape index (κ3) is 4.07. The molecule has 1 atom stereocenters. The molecule has 0 saturated carbocycles. The fourth-order valence-corrected chi connectivity index (χ4v) is 5.39. The first-order valence-corrected chi connectivity index (χ1v) is 11.8. The van der Waals surface area contributed by atoms with E-state index in [2.05, 4.69) is 37.6 Å². The Balaban J connectivity index is 1.54. The predicted molar refractivity (Wildman–Crippen MR) is 119 cm³/mol. The molecule has 0 spiro atoms. The SMILES string of the molecule is CCSc1nnc(NC(=O)C(CC)Sc2nnc3c4ccccc4n(C)c3n2)s1. The molecule has 0 bridgehead atoms. The lowest BCUT2D eigenvalue weighted by Gasteiger charge is -2.11. The topological polar surface area (TPSA) is 98.5 Å². The molecule has 4 rings (SSSR count). The van der Waals surface area contributed by atoms with Gasteiger partial charge in [0.05, 0.1) is 10.8 Å². The van der Waals surface area contributed by atoms with Gasteiger partial charge in [0.1, 0.15) is 5.52 Å². The molecule has 0 saturated heterocycles. The average molecular weight is 446 g/mol. The normalized spacial score (nSPS) is 12.5. The molecule has 3 aromatic heterocycles. The Hall–Kier alpha value is -2.24. The molecule has 150 valence electrons. The molecule has 8 nitrogen and oxygen atoms in total. The maximum Gasteiger partial charge on any atom is 0.239 e. The number of hydrogen-bond acceptors (Lipinski definition) is 9. The quantitative estimate of drug-likeness (QED) is 0.337. The number of nitrogens with zero attached hydrogens (tertiary/aromatic N) is 6. The number of carbonyl (C=O) groups excluding carboxylic acids is 1. The van der Waals surface area contributed by atoms with E-state index in [9.17, 15) is 4.79 Å². The number of benzene rings is 1. The molecule has 4 aromatic rings. The van der Waals surface area contributed by atoms with Gasteiger partial charge in [-0.25, -0.2) is 4.98 Å². The van der Waals surface area contributed by atoms with Gasteiger partial charge in [0.15, 0.2) is 9.99 Å². The third-order valence-electron chi connectivity index (χ3n) is 4.30. The van der Waals surface area contributed by atoms with E-state index < -0.39 is 0 Å². The largest absolute Gasteiger partial charge is 0.327 e. The summed E-state index contributed by atoms with van der Waals surface area (Å²) in [6.45, 7) is 4.01. The summed E-state index contributed by atoms with van der Waals surface area (Å²) in [6.07, 6.45) is 0.627. The Labute approximate surface area is 179 Å². The van der Waals surface area contributed by atoms with Gasteiger partial charge in [-0.2, -0.15) is 0 Å². The highest BCUT2D eigenvalue weighted by atomic mass is 32.2. The highest BCUT2D eigenvalue weighted by Gasteiger charge is 2.22. The van der Waals surface area contributed by atoms with Crippen molar-refractivity contribution in [1.82, 2.24) is 29.9 Å². The van der Waals surface area contributed by atoms with Gasteiger partial charge in [0.25, 0.3) is 0 Å². The van der Waals surface area contributed by atoms with E-state index in [1.54, 1.807) is 11.8 Å². The number of anilines is 1. The van der Waals surface area contributed by atoms with Crippen molar-refractivity contribution < 1.29 is 4.79 Å². The zero-order chi connectivity index (χ0) is 20.4. The molecular formula is C18H19N7OS3. The second-order valence-corrected chi connectivity index (χ2v) is 9.81. The Morgan fingerprint density at radius 1 is 1.21 bits per heavy atom. The van der Waals surface area contributed by atoms with Crippen LogP contribution in [0, 0.1) is 0 Å². The highest BCUT2D eigenvalue weighted by Crippen LogP contribution is 2.29. The molecule has 29 heavy (non-hydrogen) atoms. The van der Waals surface area contributed by atoms with Gasteiger partial charge in [-0.1, -0.05) is 66.9 Å². The smallest absolute Gasteiger partial charge is 0.239 e. The Morgan fingerprint density at radius 2 is 2.03 bits per heavy atom. The van der Waals surface area contributed by atoms with Crippen molar-refractivity contribution in [2.45, 2.75) is 35.0 Å². The average Bonchev–Trinajstić information content (AvgIpc) is 3.29. The monoisotopic (exact) mass is 445 g/mol. The van der Waals surface area contributed by atoms with Crippen LogP contribution in [-0.2, 0) is 11.8 Å². The van der Waals surface area contributed by atoms with Crippen molar-refractivity contribution in [3.8, 4) is 0 Å². The minimum absolute atomic E-state index is 0.137. The summed E-state index contributed by atoms with van der Waals surface area (Å²) in [4.78, 5) is 17.4. The maximum atomic E-state index is 12.7. The number of para-hydroxylation sites is 1. The Bertz CT molecular complexity index is 1170. The second-order valence-electron chi connectivity index (χ2n) is 6.15. The summed E-state index contributed by atoms with van der Waals surface area (Å²) in [5, 5.41) is 21.2. The summed E-state index contributed by atoms with van der Waals surface area (Å²) in [5.41, 5.74) is 2.57. The van der Waals surface area contributed by atoms with E-state index in [-0.39, 0.29) is 11.2 Å². The molecular weight excluding hydrogens is 426 g/mol. The molecule has 3 heterocycles. The van der Waals surface area contributed by atoms with Gasteiger partial charge in [-0.05, 0) is 18.2 Å². The van der Waals surface area contributed by atoms with Crippen molar-refractivity contribution in [3.63, 3.8) is 0 Å².